The van der Waals surface area contributed by atoms with Crippen molar-refractivity contribution in [3.8, 4) is 0 Å². The van der Waals surface area contributed by atoms with Crippen LogP contribution >= 0.6 is 11.8 Å². The maximum Gasteiger partial charge on any atom is 0.356 e. The number of hydrogen-bond acceptors (Lipinski definition) is 7. The second kappa shape index (κ2) is 16.2. The van der Waals surface area contributed by atoms with Crippen LogP contribution in [-0.4, -0.2) is 30.9 Å². The molecule has 1 aromatic rings. The fraction of sp³-hybridized carbons (Fsp3) is 0.524. The molecule has 0 heterocycles. The average Bonchev–Trinajstić information content (AvgIpc) is 2.76. The number of unbranched alkanes of at least 4 members (excludes halogenated alkanes) is 1. The maximum absolute atomic E-state index is 11.4. The van der Waals surface area contributed by atoms with Crippen molar-refractivity contribution >= 4 is 22.8 Å². The second-order valence-corrected chi connectivity index (χ2v) is 6.75. The minimum Gasteiger partial charge on any atom is -0.478 e. The van der Waals surface area contributed by atoms with Crippen molar-refractivity contribution in [1.29, 1.82) is 0 Å². The highest BCUT2D eigenvalue weighted by molar-refractivity contribution is 8.13. The fourth-order valence-electron chi connectivity index (χ4n) is 2.43. The van der Waals surface area contributed by atoms with E-state index in [9.17, 15) is 4.79 Å². The number of carbonyl (C=O) groups excluding carboxylic acids is 1. The molecule has 1 atom stereocenters. The molecule has 0 aromatic heterocycles. The molecule has 1 aromatic carbocycles. The minimum absolute atomic E-state index is 0.404. The van der Waals surface area contributed by atoms with E-state index in [1.165, 1.54) is 38.1 Å². The van der Waals surface area contributed by atoms with Crippen molar-refractivity contribution in [2.45, 2.75) is 46.5 Å². The summed E-state index contributed by atoms with van der Waals surface area (Å²) < 4.78 is 5.94. The number of nitrogens with two attached hydrogens (primary N) is 2. The summed E-state index contributed by atoms with van der Waals surface area (Å²) in [5.74, 6) is 5.52. The van der Waals surface area contributed by atoms with Gasteiger partial charge in [0.1, 0.15) is 5.04 Å². The summed E-state index contributed by atoms with van der Waals surface area (Å²) in [4.78, 5) is 20.3. The lowest BCUT2D eigenvalue weighted by molar-refractivity contribution is 0.0503. The van der Waals surface area contributed by atoms with Crippen LogP contribution in [0.5, 0.6) is 0 Å². The Hall–Kier alpha value is -1.83. The zero-order valence-electron chi connectivity index (χ0n) is 17.7. The zero-order valence-corrected chi connectivity index (χ0v) is 18.6. The molecular formula is C21H35N3O3S. The normalized spacial score (nSPS) is 12.7. The van der Waals surface area contributed by atoms with Crippen LogP contribution in [0.2, 0.25) is 0 Å². The highest BCUT2D eigenvalue weighted by Gasteiger charge is 2.10. The number of ether oxygens (including phenoxy) is 1. The van der Waals surface area contributed by atoms with Gasteiger partial charge in [-0.15, -0.1) is 11.8 Å². The first kappa shape index (κ1) is 26.2. The van der Waals surface area contributed by atoms with Gasteiger partial charge in [0.25, 0.3) is 0 Å². The Kier molecular flexibility index (Phi) is 15.1. The van der Waals surface area contributed by atoms with Crippen LogP contribution in [0, 0.1) is 5.92 Å². The van der Waals surface area contributed by atoms with Crippen molar-refractivity contribution in [1.82, 2.24) is 0 Å². The molecule has 28 heavy (non-hydrogen) atoms. The quantitative estimate of drug-likeness (QED) is 0.255. The predicted octanol–water partition coefficient (Wildman–Crippen LogP) is 4.50. The Labute approximate surface area is 173 Å². The molecule has 4 N–H and O–H groups in total. The lowest BCUT2D eigenvalue weighted by Crippen LogP contribution is -2.10. The van der Waals surface area contributed by atoms with Crippen molar-refractivity contribution in [2.75, 3.05) is 19.9 Å². The molecule has 1 unspecified atom stereocenters. The van der Waals surface area contributed by atoms with Gasteiger partial charge in [0.15, 0.2) is 0 Å². The minimum atomic E-state index is -0.561. The predicted molar refractivity (Wildman–Crippen MR) is 119 cm³/mol. The molecule has 0 aliphatic rings. The molecule has 0 amide bonds. The van der Waals surface area contributed by atoms with Crippen LogP contribution in [0.3, 0.4) is 0 Å². The number of aliphatic imine (C=N–C) groups is 1. The van der Waals surface area contributed by atoms with Gasteiger partial charge in [0, 0.05) is 5.56 Å². The molecule has 6 nitrogen and oxygen atoms in total. The summed E-state index contributed by atoms with van der Waals surface area (Å²) in [6.45, 7) is 7.01. The number of carbonyl (C=O) groups is 1. The van der Waals surface area contributed by atoms with E-state index in [1.54, 1.807) is 12.1 Å². The Morgan fingerprint density at radius 2 is 1.82 bits per heavy atom. The first-order chi connectivity index (χ1) is 13.6. The van der Waals surface area contributed by atoms with Gasteiger partial charge >= 0.3 is 5.97 Å². The van der Waals surface area contributed by atoms with E-state index in [4.69, 9.17) is 10.6 Å². The van der Waals surface area contributed by atoms with E-state index >= 15 is 0 Å². The standard InChI is InChI=1S/C20H30N2O3S.CH5N/c1-5-8-9-15(6-2)14-24-18(7-3)22-19(26-4)16-10-12-17(13-11-16)20(23)25-21;1-2/h7,10-13,15H,5-6,8-9,14,21H2,1-4H3;2H2,1H3/b18-7-,22-19-;. The molecular weight excluding hydrogens is 374 g/mol. The topological polar surface area (TPSA) is 99.9 Å². The van der Waals surface area contributed by atoms with Crippen LogP contribution in [0.15, 0.2) is 41.2 Å². The lowest BCUT2D eigenvalue weighted by Gasteiger charge is -2.16. The molecule has 7 heteroatoms. The first-order valence-corrected chi connectivity index (χ1v) is 10.8. The SMILES string of the molecule is C/C=C(/N=C(\SC)c1ccc(C(=O)ON)cc1)OCC(CC)CCCC.CN. The molecule has 0 fully saturated rings. The third-order valence-electron chi connectivity index (χ3n) is 4.14. The van der Waals surface area contributed by atoms with Gasteiger partial charge in [-0.3, -0.25) is 0 Å². The lowest BCUT2D eigenvalue weighted by atomic mass is 10.0. The fourth-order valence-corrected chi connectivity index (χ4v) is 2.98. The van der Waals surface area contributed by atoms with Crippen LogP contribution in [0.4, 0.5) is 0 Å². The Morgan fingerprint density at radius 3 is 2.29 bits per heavy atom. The van der Waals surface area contributed by atoms with Crippen LogP contribution < -0.4 is 11.6 Å². The van der Waals surface area contributed by atoms with E-state index in [0.717, 1.165) is 17.0 Å². The third kappa shape index (κ3) is 9.39. The molecule has 0 radical (unpaired) electrons. The Balaban J connectivity index is 0.00000352. The van der Waals surface area contributed by atoms with E-state index in [-0.39, 0.29) is 0 Å². The molecule has 158 valence electrons. The average molecular weight is 410 g/mol. The number of thioether (sulfide) groups is 1. The summed E-state index contributed by atoms with van der Waals surface area (Å²) >= 11 is 1.53. The molecule has 1 rings (SSSR count). The summed E-state index contributed by atoms with van der Waals surface area (Å²) in [6, 6.07) is 6.99. The molecule has 0 spiro atoms. The van der Waals surface area contributed by atoms with Crippen molar-refractivity contribution in [3.05, 3.63) is 47.4 Å². The van der Waals surface area contributed by atoms with Gasteiger partial charge in [0.2, 0.25) is 5.88 Å². The molecule has 0 aliphatic carbocycles. The summed E-state index contributed by atoms with van der Waals surface area (Å²) in [5.41, 5.74) is 5.81. The Morgan fingerprint density at radius 1 is 1.21 bits per heavy atom. The van der Waals surface area contributed by atoms with Crippen molar-refractivity contribution < 1.29 is 14.4 Å². The van der Waals surface area contributed by atoms with E-state index < -0.39 is 5.97 Å². The van der Waals surface area contributed by atoms with Crippen LogP contribution in [-0.2, 0) is 9.57 Å². The highest BCUT2D eigenvalue weighted by atomic mass is 32.2. The summed E-state index contributed by atoms with van der Waals surface area (Å²) in [5, 5.41) is 0.826. The van der Waals surface area contributed by atoms with E-state index in [2.05, 4.69) is 29.4 Å². The Bertz CT molecular complexity index is 616. The first-order valence-electron chi connectivity index (χ1n) is 9.60. The second-order valence-electron chi connectivity index (χ2n) is 5.96. The zero-order chi connectivity index (χ0) is 21.4. The van der Waals surface area contributed by atoms with Crippen molar-refractivity contribution in [3.63, 3.8) is 0 Å². The third-order valence-corrected chi connectivity index (χ3v) is 4.85. The summed E-state index contributed by atoms with van der Waals surface area (Å²) in [7, 11) is 1.50. The number of benzene rings is 1. The number of hydrogen-bond donors (Lipinski definition) is 2. The van der Waals surface area contributed by atoms with E-state index in [0.29, 0.717) is 24.0 Å². The van der Waals surface area contributed by atoms with Crippen LogP contribution in [0.1, 0.15) is 62.4 Å². The molecule has 0 bridgehead atoms. The van der Waals surface area contributed by atoms with Crippen LogP contribution in [0.25, 0.3) is 0 Å². The highest BCUT2D eigenvalue weighted by Crippen LogP contribution is 2.18. The smallest absolute Gasteiger partial charge is 0.356 e. The van der Waals surface area contributed by atoms with Gasteiger partial charge in [-0.05, 0) is 50.8 Å². The monoisotopic (exact) mass is 409 g/mol. The van der Waals surface area contributed by atoms with Gasteiger partial charge in [-0.2, -0.15) is 5.90 Å². The van der Waals surface area contributed by atoms with Gasteiger partial charge in [-0.25, -0.2) is 9.79 Å². The largest absolute Gasteiger partial charge is 0.478 e. The van der Waals surface area contributed by atoms with Crippen molar-refractivity contribution in [2.24, 2.45) is 22.5 Å². The molecule has 0 saturated carbocycles. The van der Waals surface area contributed by atoms with Gasteiger partial charge in [-0.1, -0.05) is 45.2 Å². The number of allylic oxidation sites excluding steroid dienone is 1. The number of rotatable bonds is 10. The van der Waals surface area contributed by atoms with Gasteiger partial charge in [0.05, 0.1) is 12.2 Å². The number of nitrogens with zero attached hydrogens (tertiary/aromatic N) is 1. The summed E-state index contributed by atoms with van der Waals surface area (Å²) in [6.07, 6.45) is 8.56. The molecule has 0 aliphatic heterocycles. The molecule has 0 saturated heterocycles. The van der Waals surface area contributed by atoms with Gasteiger partial charge < -0.3 is 15.3 Å². The maximum atomic E-state index is 11.4. The van der Waals surface area contributed by atoms with E-state index in [1.807, 2.05) is 31.4 Å².